The standard InChI is InChI=1S/C13H14N2O2/c1-15(2)12(16)8-10-7-9-5-3-4-6-11(9)14-13(10)17/h3-7H,8H2,1-2H3,(H,14,17). The quantitative estimate of drug-likeness (QED) is 0.841. The molecular weight excluding hydrogens is 216 g/mol. The van der Waals surface area contributed by atoms with Crippen LogP contribution in [0.25, 0.3) is 10.9 Å². The van der Waals surface area contributed by atoms with Gasteiger partial charge in [0.05, 0.1) is 6.42 Å². The number of aromatic amines is 1. The van der Waals surface area contributed by atoms with E-state index < -0.39 is 0 Å². The summed E-state index contributed by atoms with van der Waals surface area (Å²) in [5.41, 5.74) is 1.10. The first kappa shape index (κ1) is 11.4. The Morgan fingerprint density at radius 3 is 2.71 bits per heavy atom. The van der Waals surface area contributed by atoms with Crippen LogP contribution in [-0.4, -0.2) is 29.9 Å². The Balaban J connectivity index is 2.44. The van der Waals surface area contributed by atoms with Gasteiger partial charge in [-0.25, -0.2) is 0 Å². The number of H-pyrrole nitrogens is 1. The maximum absolute atomic E-state index is 11.8. The van der Waals surface area contributed by atoms with E-state index in [0.29, 0.717) is 5.56 Å². The highest BCUT2D eigenvalue weighted by Gasteiger charge is 2.09. The second-order valence-electron chi connectivity index (χ2n) is 4.18. The molecule has 1 amide bonds. The molecule has 0 saturated heterocycles. The van der Waals surface area contributed by atoms with E-state index in [2.05, 4.69) is 4.98 Å². The molecule has 0 saturated carbocycles. The Kier molecular flexibility index (Phi) is 2.95. The summed E-state index contributed by atoms with van der Waals surface area (Å²) in [5, 5.41) is 0.939. The first-order chi connectivity index (χ1) is 8.08. The summed E-state index contributed by atoms with van der Waals surface area (Å²) in [5.74, 6) is -0.0780. The van der Waals surface area contributed by atoms with E-state index in [4.69, 9.17) is 0 Å². The lowest BCUT2D eigenvalue weighted by Crippen LogP contribution is -2.26. The number of amides is 1. The summed E-state index contributed by atoms with van der Waals surface area (Å²) in [7, 11) is 3.36. The van der Waals surface area contributed by atoms with Crippen molar-refractivity contribution in [3.63, 3.8) is 0 Å². The number of hydrogen-bond donors (Lipinski definition) is 1. The number of para-hydroxylation sites is 1. The molecule has 17 heavy (non-hydrogen) atoms. The van der Waals surface area contributed by atoms with Gasteiger partial charge in [0.2, 0.25) is 5.91 Å². The van der Waals surface area contributed by atoms with E-state index in [9.17, 15) is 9.59 Å². The molecule has 1 N–H and O–H groups in total. The monoisotopic (exact) mass is 230 g/mol. The lowest BCUT2D eigenvalue weighted by Gasteiger charge is -2.09. The lowest BCUT2D eigenvalue weighted by molar-refractivity contribution is -0.127. The van der Waals surface area contributed by atoms with Gasteiger partial charge in [-0.1, -0.05) is 18.2 Å². The Morgan fingerprint density at radius 1 is 1.29 bits per heavy atom. The fraction of sp³-hybridized carbons (Fsp3) is 0.231. The molecule has 4 nitrogen and oxygen atoms in total. The highest BCUT2D eigenvalue weighted by molar-refractivity contribution is 5.82. The molecule has 4 heteroatoms. The van der Waals surface area contributed by atoms with Gasteiger partial charge in [-0.2, -0.15) is 0 Å². The van der Waals surface area contributed by atoms with Crippen molar-refractivity contribution in [2.24, 2.45) is 0 Å². The van der Waals surface area contributed by atoms with Crippen LogP contribution in [-0.2, 0) is 11.2 Å². The molecule has 0 radical (unpaired) electrons. The van der Waals surface area contributed by atoms with Gasteiger partial charge in [0.1, 0.15) is 0 Å². The molecule has 0 aliphatic carbocycles. The molecule has 0 unspecified atom stereocenters. The summed E-state index contributed by atoms with van der Waals surface area (Å²) in [6.07, 6.45) is 0.132. The van der Waals surface area contributed by atoms with Crippen molar-refractivity contribution in [2.45, 2.75) is 6.42 Å². The first-order valence-corrected chi connectivity index (χ1v) is 5.39. The van der Waals surface area contributed by atoms with Crippen LogP contribution in [0.2, 0.25) is 0 Å². The van der Waals surface area contributed by atoms with Gasteiger partial charge in [0.25, 0.3) is 5.56 Å². The molecule has 0 fully saturated rings. The third-order valence-electron chi connectivity index (χ3n) is 2.67. The van der Waals surface area contributed by atoms with E-state index >= 15 is 0 Å². The predicted octanol–water partition coefficient (Wildman–Crippen LogP) is 1.16. The van der Waals surface area contributed by atoms with E-state index in [1.807, 2.05) is 24.3 Å². The maximum Gasteiger partial charge on any atom is 0.252 e. The van der Waals surface area contributed by atoms with Crippen LogP contribution in [0.1, 0.15) is 5.56 Å². The minimum Gasteiger partial charge on any atom is -0.349 e. The molecule has 2 aromatic rings. The predicted molar refractivity (Wildman–Crippen MR) is 67.0 cm³/mol. The number of pyridine rings is 1. The molecular formula is C13H14N2O2. The highest BCUT2D eigenvalue weighted by atomic mass is 16.2. The van der Waals surface area contributed by atoms with Crippen LogP contribution >= 0.6 is 0 Å². The zero-order valence-corrected chi connectivity index (χ0v) is 9.86. The third kappa shape index (κ3) is 2.36. The summed E-state index contributed by atoms with van der Waals surface area (Å²) < 4.78 is 0. The molecule has 0 bridgehead atoms. The summed E-state index contributed by atoms with van der Waals surface area (Å²) in [6, 6.07) is 9.29. The van der Waals surface area contributed by atoms with Crippen molar-refractivity contribution in [2.75, 3.05) is 14.1 Å². The Labute approximate surface area is 98.9 Å². The minimum absolute atomic E-state index is 0.0780. The average Bonchev–Trinajstić information content (AvgIpc) is 2.29. The van der Waals surface area contributed by atoms with Gasteiger partial charge < -0.3 is 9.88 Å². The van der Waals surface area contributed by atoms with Crippen LogP contribution in [0, 0.1) is 0 Å². The van der Waals surface area contributed by atoms with Gasteiger partial charge in [-0.05, 0) is 17.5 Å². The van der Waals surface area contributed by atoms with Crippen molar-refractivity contribution in [3.05, 3.63) is 46.2 Å². The van der Waals surface area contributed by atoms with E-state index in [0.717, 1.165) is 10.9 Å². The lowest BCUT2D eigenvalue weighted by atomic mass is 10.1. The number of likely N-dealkylation sites (N-methyl/N-ethyl adjacent to an activating group) is 1. The molecule has 0 atom stereocenters. The summed E-state index contributed by atoms with van der Waals surface area (Å²) in [6.45, 7) is 0. The molecule has 0 aliphatic heterocycles. The number of fused-ring (bicyclic) bond motifs is 1. The topological polar surface area (TPSA) is 53.2 Å². The average molecular weight is 230 g/mol. The molecule has 88 valence electrons. The Bertz CT molecular complexity index is 614. The van der Waals surface area contributed by atoms with Crippen LogP contribution in [0.15, 0.2) is 35.1 Å². The summed E-state index contributed by atoms with van der Waals surface area (Å²) >= 11 is 0. The number of hydrogen-bond acceptors (Lipinski definition) is 2. The maximum atomic E-state index is 11.8. The van der Waals surface area contributed by atoms with Crippen molar-refractivity contribution < 1.29 is 4.79 Å². The van der Waals surface area contributed by atoms with E-state index in [1.165, 1.54) is 4.90 Å². The molecule has 1 heterocycles. The van der Waals surface area contributed by atoms with Crippen LogP contribution in [0.4, 0.5) is 0 Å². The number of nitrogens with one attached hydrogen (secondary N) is 1. The Hall–Kier alpha value is -2.10. The minimum atomic E-state index is -0.195. The SMILES string of the molecule is CN(C)C(=O)Cc1cc2ccccc2[nH]c1=O. The van der Waals surface area contributed by atoms with Crippen molar-refractivity contribution in [1.82, 2.24) is 9.88 Å². The first-order valence-electron chi connectivity index (χ1n) is 5.39. The summed E-state index contributed by atoms with van der Waals surface area (Å²) in [4.78, 5) is 27.6. The Morgan fingerprint density at radius 2 is 2.00 bits per heavy atom. The van der Waals surface area contributed by atoms with Crippen molar-refractivity contribution in [3.8, 4) is 0 Å². The van der Waals surface area contributed by atoms with Crippen molar-refractivity contribution >= 4 is 16.8 Å². The zero-order valence-electron chi connectivity index (χ0n) is 9.86. The van der Waals surface area contributed by atoms with Crippen LogP contribution in [0.5, 0.6) is 0 Å². The second-order valence-corrected chi connectivity index (χ2v) is 4.18. The molecule has 0 spiro atoms. The number of rotatable bonds is 2. The van der Waals surface area contributed by atoms with Crippen LogP contribution in [0.3, 0.4) is 0 Å². The molecule has 1 aromatic carbocycles. The normalized spacial score (nSPS) is 10.5. The number of carbonyl (C=O) groups excluding carboxylic acids is 1. The molecule has 0 aliphatic rings. The van der Waals surface area contributed by atoms with Gasteiger partial charge >= 0.3 is 0 Å². The molecule has 2 rings (SSSR count). The van der Waals surface area contributed by atoms with Gasteiger partial charge in [-0.15, -0.1) is 0 Å². The van der Waals surface area contributed by atoms with Gasteiger partial charge in [-0.3, -0.25) is 9.59 Å². The fourth-order valence-electron chi connectivity index (χ4n) is 1.64. The number of aromatic nitrogens is 1. The molecule has 1 aromatic heterocycles. The third-order valence-corrected chi connectivity index (χ3v) is 2.67. The van der Waals surface area contributed by atoms with Crippen molar-refractivity contribution in [1.29, 1.82) is 0 Å². The van der Waals surface area contributed by atoms with E-state index in [1.54, 1.807) is 20.2 Å². The fourth-order valence-corrected chi connectivity index (χ4v) is 1.64. The second kappa shape index (κ2) is 4.41. The van der Waals surface area contributed by atoms with Gasteiger partial charge in [0, 0.05) is 25.2 Å². The van der Waals surface area contributed by atoms with E-state index in [-0.39, 0.29) is 17.9 Å². The number of carbonyl (C=O) groups is 1. The highest BCUT2D eigenvalue weighted by Crippen LogP contribution is 2.10. The number of benzene rings is 1. The smallest absolute Gasteiger partial charge is 0.252 e. The number of nitrogens with zero attached hydrogens (tertiary/aromatic N) is 1. The van der Waals surface area contributed by atoms with Crippen LogP contribution < -0.4 is 5.56 Å². The zero-order chi connectivity index (χ0) is 12.4. The van der Waals surface area contributed by atoms with Gasteiger partial charge in [0.15, 0.2) is 0 Å². The largest absolute Gasteiger partial charge is 0.349 e.